The Kier molecular flexibility index (Phi) is 75.6. The lowest BCUT2D eigenvalue weighted by molar-refractivity contribution is -0.147. The molecular formula is C108H146B5N7O24. The molecule has 0 aromatic heterocycles. The summed E-state index contributed by atoms with van der Waals surface area (Å²) in [4.78, 5) is 101. The molecule has 0 radical (unpaired) electrons. The van der Waals surface area contributed by atoms with Crippen LogP contribution in [-0.4, -0.2) is 201 Å². The molecule has 0 aliphatic carbocycles. The number of aliphatic carboxylic acids is 3. The van der Waals surface area contributed by atoms with E-state index in [4.69, 9.17) is 70.9 Å². The summed E-state index contributed by atoms with van der Waals surface area (Å²) in [6, 6.07) is 94.8. The van der Waals surface area contributed by atoms with Crippen molar-refractivity contribution in [3.05, 3.63) is 394 Å². The molecule has 0 heterocycles. The largest absolute Gasteiger partial charge is 0.480 e. The highest BCUT2D eigenvalue weighted by molar-refractivity contribution is 6.47. The minimum atomic E-state index is -1.01. The third-order valence-electron chi connectivity index (χ3n) is 18.8. The van der Waals surface area contributed by atoms with E-state index in [0.29, 0.717) is 44.1 Å². The zero-order valence-electron chi connectivity index (χ0n) is 84.5. The van der Waals surface area contributed by atoms with Crippen LogP contribution in [0.4, 0.5) is 0 Å². The SMILES string of the molecule is CB(O)NC(Cc1cccc(C=O)c1)C(=O)OCc1ccccc1.CB(O)NC(Cc1ccccc1)C(=O)O.CB(O)NC(Cc1ccccc1)C(=O)OCc1ccccc1.CB(O)NC(Cc1ccccc1)C(=O)OCc1ccccc1.CB(O)NC(Cc1ccccc1)C(=O)OCc1ccccc1.CC.CC.CC=O.CCO.CCO.NC(Cc1cccc(CO)c1)C(=O)O.NC(Cc1ccccc1)C(=O)O. The van der Waals surface area contributed by atoms with Crippen molar-refractivity contribution < 1.29 is 118 Å². The zero-order chi connectivity index (χ0) is 108. The fraction of sp³-hybridized carbons (Fsp3) is 0.306. The lowest BCUT2D eigenvalue weighted by atomic mass is 9.86. The van der Waals surface area contributed by atoms with Gasteiger partial charge in [0, 0.05) is 18.8 Å². The monoisotopic (exact) mass is 1980 g/mol. The van der Waals surface area contributed by atoms with E-state index in [-0.39, 0.29) is 70.6 Å². The van der Waals surface area contributed by atoms with Gasteiger partial charge in [-0.05, 0) is 173 Å². The lowest BCUT2D eigenvalue weighted by Gasteiger charge is -2.18. The quantitative estimate of drug-likeness (QED) is 0.00732. The number of carbonyl (C=O) groups excluding carboxylic acids is 6. The summed E-state index contributed by atoms with van der Waals surface area (Å²) in [5.74, 6) is -4.48. The maximum Gasteiger partial charge on any atom is 0.374 e. The number of carboxylic acids is 3. The Hall–Kier alpha value is -13.2. The second-order valence-corrected chi connectivity index (χ2v) is 31.1. The van der Waals surface area contributed by atoms with Crippen LogP contribution in [0.3, 0.4) is 0 Å². The lowest BCUT2D eigenvalue weighted by Crippen LogP contribution is -2.46. The van der Waals surface area contributed by atoms with E-state index in [9.17, 15) is 58.5 Å². The summed E-state index contributed by atoms with van der Waals surface area (Å²) in [6.07, 6.45) is 4.27. The summed E-state index contributed by atoms with van der Waals surface area (Å²) >= 11 is 0. The van der Waals surface area contributed by atoms with Crippen LogP contribution >= 0.6 is 0 Å². The number of esters is 4. The summed E-state index contributed by atoms with van der Waals surface area (Å²) < 4.78 is 21.4. The Bertz CT molecular complexity index is 4880. The number of rotatable bonds is 41. The number of aldehydes is 2. The average molecular weight is 1980 g/mol. The number of carbonyl (C=O) groups is 9. The third-order valence-corrected chi connectivity index (χ3v) is 18.8. The number of nitrogens with one attached hydrogen (secondary N) is 5. The van der Waals surface area contributed by atoms with Gasteiger partial charge in [0.2, 0.25) is 0 Å². The highest BCUT2D eigenvalue weighted by Crippen LogP contribution is 2.16. The molecule has 20 N–H and O–H groups in total. The molecule has 11 rings (SSSR count). The molecule has 11 aromatic rings. The predicted octanol–water partition coefficient (Wildman–Crippen LogP) is 11.4. The Balaban J connectivity index is 0.00000164. The summed E-state index contributed by atoms with van der Waals surface area (Å²) in [6.45, 7) is 21.9. The van der Waals surface area contributed by atoms with E-state index in [2.05, 4.69) is 26.1 Å². The standard InChI is InChI=1S/C18H20BNO4.3C17H20BNO3.C10H14BNO3.C10H13NO3.C9H11NO2.2C2H6O.C2H4O.2C2H6/c1-19(23)20-17(11-15-8-5-9-16(10-15)12-21)18(22)24-13-14-6-3-2-4-7-14;3*1-18(21)19-16(12-14-8-4-2-5-9-14)17(20)22-13-15-10-6-3-7-11-15;1-11(15)12-9(10(13)14)7-8-5-3-2-4-6-8;11-9(10(13)14)5-7-2-1-3-8(4-7)6-12;10-8(9(11)12)6-7-4-2-1-3-5-7;3*1-2-3;2*1-2/h2-10,12,17,20,23H,11,13H2,1H3;3*2-11,16,19,21H,12-13H2,1H3;2-6,9,12,15H,7H2,1H3,(H,13,14);1-4,9,12H,5-6,11H2,(H,13,14);1-5,8H,6,10H2,(H,11,12);2*3H,2H2,1H3;2H,1H3;2*1-2H3. The first kappa shape index (κ1) is 131. The molecule has 0 amide bonds. The van der Waals surface area contributed by atoms with E-state index in [0.717, 1.165) is 79.3 Å². The van der Waals surface area contributed by atoms with Gasteiger partial charge in [-0.3, -0.25) is 38.4 Å². The van der Waals surface area contributed by atoms with E-state index in [1.165, 1.54) is 13.7 Å². The van der Waals surface area contributed by atoms with Crippen molar-refractivity contribution in [3.63, 3.8) is 0 Å². The Labute approximate surface area is 850 Å². The second-order valence-electron chi connectivity index (χ2n) is 31.1. The van der Waals surface area contributed by atoms with Crippen LogP contribution in [0, 0.1) is 0 Å². The predicted molar refractivity (Wildman–Crippen MR) is 570 cm³/mol. The highest BCUT2D eigenvalue weighted by atomic mass is 16.5. The first-order chi connectivity index (χ1) is 69.2. The van der Waals surface area contributed by atoms with Crippen LogP contribution in [0.25, 0.3) is 0 Å². The van der Waals surface area contributed by atoms with Gasteiger partial charge in [-0.15, -0.1) is 0 Å². The van der Waals surface area contributed by atoms with Gasteiger partial charge in [-0.2, -0.15) is 0 Å². The van der Waals surface area contributed by atoms with Gasteiger partial charge in [-0.25, -0.2) is 0 Å². The molecule has 0 bridgehead atoms. The molecule has 144 heavy (non-hydrogen) atoms. The molecule has 0 spiro atoms. The molecular weight excluding hydrogens is 1830 g/mol. The van der Waals surface area contributed by atoms with Gasteiger partial charge in [-0.1, -0.05) is 343 Å². The smallest absolute Gasteiger partial charge is 0.374 e. The van der Waals surface area contributed by atoms with Gasteiger partial charge in [0.05, 0.1) is 6.61 Å². The highest BCUT2D eigenvalue weighted by Gasteiger charge is 2.28. The number of hydrogen-bond acceptors (Lipinski definition) is 28. The van der Waals surface area contributed by atoms with Crippen molar-refractivity contribution in [2.24, 2.45) is 11.5 Å². The van der Waals surface area contributed by atoms with Gasteiger partial charge in [0.1, 0.15) is 81.3 Å². The van der Waals surface area contributed by atoms with Crippen LogP contribution in [0.15, 0.2) is 322 Å². The molecule has 7 unspecified atom stereocenters. The maximum absolute atomic E-state index is 12.3. The molecule has 0 saturated heterocycles. The van der Waals surface area contributed by atoms with Crippen molar-refractivity contribution in [1.82, 2.24) is 26.1 Å². The number of nitrogens with two attached hydrogens (primary N) is 2. The number of carboxylic acid groups (broad SMARTS) is 3. The van der Waals surface area contributed by atoms with Crippen LogP contribution in [0.1, 0.15) is 126 Å². The summed E-state index contributed by atoms with van der Waals surface area (Å²) in [5, 5.41) is 111. The number of aliphatic hydroxyl groups excluding tert-OH is 3. The number of aliphatic hydroxyl groups is 3. The topological polar surface area (TPSA) is 525 Å². The van der Waals surface area contributed by atoms with Gasteiger partial charge >= 0.3 is 77.0 Å². The van der Waals surface area contributed by atoms with Crippen LogP contribution < -0.4 is 37.6 Å². The van der Waals surface area contributed by atoms with E-state index in [1.807, 2.05) is 307 Å². The van der Waals surface area contributed by atoms with Crippen LogP contribution in [-0.2, 0) is 135 Å². The number of hydrogen-bond donors (Lipinski definition) is 18. The van der Waals surface area contributed by atoms with Gasteiger partial charge in [0.25, 0.3) is 0 Å². The Morgan fingerprint density at radius 1 is 0.285 bits per heavy atom. The Morgan fingerprint density at radius 2 is 0.465 bits per heavy atom. The van der Waals surface area contributed by atoms with Crippen LogP contribution in [0.5, 0.6) is 0 Å². The summed E-state index contributed by atoms with van der Waals surface area (Å²) in [5.41, 5.74) is 22.3. The molecule has 0 saturated carbocycles. The average Bonchev–Trinajstić information content (AvgIpc) is 0.929. The van der Waals surface area contributed by atoms with Crippen molar-refractivity contribution >= 4 is 89.6 Å². The van der Waals surface area contributed by atoms with Gasteiger partial charge < -0.3 is 117 Å². The molecule has 772 valence electrons. The molecule has 11 aromatic carbocycles. The Morgan fingerprint density at radius 3 is 0.681 bits per heavy atom. The molecule has 36 heteroatoms. The third kappa shape index (κ3) is 65.8. The minimum absolute atomic E-state index is 0.0455. The fourth-order valence-corrected chi connectivity index (χ4v) is 12.4. The van der Waals surface area contributed by atoms with Crippen molar-refractivity contribution in [1.29, 1.82) is 0 Å². The normalized spacial score (nSPS) is 11.2. The second kappa shape index (κ2) is 83.3. The zero-order valence-corrected chi connectivity index (χ0v) is 84.5. The number of benzene rings is 11. The first-order valence-electron chi connectivity index (χ1n) is 47.5. The van der Waals surface area contributed by atoms with E-state index >= 15 is 0 Å². The molecule has 0 fully saturated rings. The minimum Gasteiger partial charge on any atom is -0.480 e. The van der Waals surface area contributed by atoms with Crippen molar-refractivity contribution in [3.8, 4) is 0 Å². The molecule has 7 atom stereocenters. The molecule has 0 aliphatic heterocycles. The van der Waals surface area contributed by atoms with Gasteiger partial charge in [0.15, 0.2) is 0 Å². The first-order valence-corrected chi connectivity index (χ1v) is 47.5. The van der Waals surface area contributed by atoms with Crippen molar-refractivity contribution in [2.45, 2.75) is 203 Å². The maximum atomic E-state index is 12.3. The van der Waals surface area contributed by atoms with E-state index in [1.54, 1.807) is 83.6 Å². The number of ether oxygens (including phenoxy) is 4. The molecule has 0 aliphatic rings. The fourth-order valence-electron chi connectivity index (χ4n) is 12.4. The van der Waals surface area contributed by atoms with E-state index < -0.39 is 101 Å². The van der Waals surface area contributed by atoms with Crippen molar-refractivity contribution in [2.75, 3.05) is 13.2 Å². The molecule has 31 nitrogen and oxygen atoms in total. The summed E-state index contributed by atoms with van der Waals surface area (Å²) in [7, 11) is -4.02. The van der Waals surface area contributed by atoms with Crippen LogP contribution in [0.2, 0.25) is 34.1 Å².